The SMILES string of the molecule is CC(=O)O[C@]1(C)CC[C@@H]2C[C@H]1OO[C@@]2(C)C[S@](=O)c1ccccc1. The highest BCUT2D eigenvalue weighted by Gasteiger charge is 2.54. The summed E-state index contributed by atoms with van der Waals surface area (Å²) < 4.78 is 18.1. The molecule has 5 nitrogen and oxygen atoms in total. The molecule has 6 heteroatoms. The Labute approximate surface area is 145 Å². The van der Waals surface area contributed by atoms with Crippen LogP contribution in [0.4, 0.5) is 0 Å². The maximum absolute atomic E-state index is 12.7. The monoisotopic (exact) mass is 352 g/mol. The van der Waals surface area contributed by atoms with Gasteiger partial charge in [0.2, 0.25) is 0 Å². The molecule has 2 aliphatic rings. The van der Waals surface area contributed by atoms with E-state index in [1.807, 2.05) is 44.2 Å². The second-order valence-corrected chi connectivity index (χ2v) is 8.61. The Hall–Kier alpha value is -1.24. The first-order chi connectivity index (χ1) is 11.3. The van der Waals surface area contributed by atoms with Gasteiger partial charge in [0.05, 0.1) is 16.6 Å². The molecule has 0 aromatic heterocycles. The predicted octanol–water partition coefficient (Wildman–Crippen LogP) is 3.01. The number of rotatable bonds is 4. The van der Waals surface area contributed by atoms with E-state index >= 15 is 0 Å². The molecule has 1 aromatic carbocycles. The van der Waals surface area contributed by atoms with Crippen LogP contribution >= 0.6 is 0 Å². The molecule has 1 aliphatic carbocycles. The molecule has 24 heavy (non-hydrogen) atoms. The lowest BCUT2D eigenvalue weighted by Crippen LogP contribution is -2.59. The summed E-state index contributed by atoms with van der Waals surface area (Å²) >= 11 is 0. The van der Waals surface area contributed by atoms with Crippen molar-refractivity contribution < 1.29 is 23.5 Å². The second kappa shape index (κ2) is 6.58. The maximum Gasteiger partial charge on any atom is 0.303 e. The van der Waals surface area contributed by atoms with Crippen molar-refractivity contribution in [2.24, 2.45) is 5.92 Å². The normalized spacial score (nSPS) is 36.8. The van der Waals surface area contributed by atoms with Crippen LogP contribution in [0.25, 0.3) is 0 Å². The van der Waals surface area contributed by atoms with Crippen molar-refractivity contribution in [1.82, 2.24) is 0 Å². The van der Waals surface area contributed by atoms with Gasteiger partial charge in [-0.3, -0.25) is 9.00 Å². The van der Waals surface area contributed by atoms with Crippen molar-refractivity contribution >= 4 is 16.8 Å². The summed E-state index contributed by atoms with van der Waals surface area (Å²) in [6, 6.07) is 9.41. The van der Waals surface area contributed by atoms with Crippen LogP contribution in [0.5, 0.6) is 0 Å². The predicted molar refractivity (Wildman–Crippen MR) is 89.6 cm³/mol. The molecule has 2 fully saturated rings. The average Bonchev–Trinajstić information content (AvgIpc) is 2.53. The molecule has 132 valence electrons. The summed E-state index contributed by atoms with van der Waals surface area (Å²) in [5.41, 5.74) is -1.25. The van der Waals surface area contributed by atoms with E-state index in [9.17, 15) is 9.00 Å². The number of ether oxygens (including phenoxy) is 1. The van der Waals surface area contributed by atoms with Crippen molar-refractivity contribution in [3.05, 3.63) is 30.3 Å². The quantitative estimate of drug-likeness (QED) is 0.616. The first kappa shape index (κ1) is 17.6. The van der Waals surface area contributed by atoms with E-state index in [1.165, 1.54) is 6.92 Å². The van der Waals surface area contributed by atoms with Crippen LogP contribution in [0.1, 0.15) is 40.0 Å². The van der Waals surface area contributed by atoms with E-state index in [0.717, 1.165) is 24.2 Å². The highest BCUT2D eigenvalue weighted by molar-refractivity contribution is 7.85. The van der Waals surface area contributed by atoms with Crippen molar-refractivity contribution in [3.63, 3.8) is 0 Å². The fourth-order valence-electron chi connectivity index (χ4n) is 3.68. The van der Waals surface area contributed by atoms with E-state index in [-0.39, 0.29) is 18.0 Å². The number of hydrogen-bond acceptors (Lipinski definition) is 5. The van der Waals surface area contributed by atoms with Crippen LogP contribution < -0.4 is 0 Å². The van der Waals surface area contributed by atoms with E-state index in [2.05, 4.69) is 0 Å². The summed E-state index contributed by atoms with van der Waals surface area (Å²) in [5.74, 6) is 0.309. The first-order valence-electron chi connectivity index (χ1n) is 8.30. The average molecular weight is 352 g/mol. The smallest absolute Gasteiger partial charge is 0.303 e. The Morgan fingerprint density at radius 2 is 2.04 bits per heavy atom. The van der Waals surface area contributed by atoms with Crippen molar-refractivity contribution in [2.75, 3.05) is 5.75 Å². The van der Waals surface area contributed by atoms with Gasteiger partial charge in [-0.2, -0.15) is 0 Å². The minimum atomic E-state index is -1.15. The lowest BCUT2D eigenvalue weighted by Gasteiger charge is -2.51. The highest BCUT2D eigenvalue weighted by Crippen LogP contribution is 2.47. The number of carbonyl (C=O) groups excluding carboxylic acids is 1. The van der Waals surface area contributed by atoms with Gasteiger partial charge in [0.25, 0.3) is 0 Å². The molecule has 1 aliphatic heterocycles. The van der Waals surface area contributed by atoms with E-state index < -0.39 is 22.0 Å². The molecule has 1 heterocycles. The standard InChI is InChI=1S/C18H24O5S/c1-13(19)21-17(2)10-9-14-11-16(17)22-23-18(14,3)12-24(20)15-7-5-4-6-8-15/h4-8,14,16H,9-12H2,1-3H3/t14-,16-,17-,18+,24+/m1/s1. The van der Waals surface area contributed by atoms with Gasteiger partial charge in [-0.15, -0.1) is 0 Å². The molecular formula is C18H24O5S. The molecule has 5 atom stereocenters. The number of esters is 1. The molecule has 1 aromatic rings. The number of carbonyl (C=O) groups is 1. The Morgan fingerprint density at radius 3 is 2.71 bits per heavy atom. The lowest BCUT2D eigenvalue weighted by molar-refractivity contribution is -0.441. The highest BCUT2D eigenvalue weighted by atomic mass is 32.2. The van der Waals surface area contributed by atoms with Gasteiger partial charge in [-0.1, -0.05) is 18.2 Å². The van der Waals surface area contributed by atoms with Crippen LogP contribution in [0.15, 0.2) is 35.2 Å². The number of fused-ring (bicyclic) bond motifs is 2. The fourth-order valence-corrected chi connectivity index (χ4v) is 5.11. The Morgan fingerprint density at radius 1 is 1.33 bits per heavy atom. The minimum absolute atomic E-state index is 0.229. The van der Waals surface area contributed by atoms with Gasteiger partial charge in [-0.05, 0) is 51.2 Å². The third-order valence-electron chi connectivity index (χ3n) is 5.19. The summed E-state index contributed by atoms with van der Waals surface area (Å²) in [7, 11) is -1.15. The number of hydrogen-bond donors (Lipinski definition) is 0. The summed E-state index contributed by atoms with van der Waals surface area (Å²) in [4.78, 5) is 23.5. The molecule has 0 unspecified atom stereocenters. The van der Waals surface area contributed by atoms with Crippen LogP contribution in [0.3, 0.4) is 0 Å². The summed E-state index contributed by atoms with van der Waals surface area (Å²) in [5, 5.41) is 0. The fraction of sp³-hybridized carbons (Fsp3) is 0.611. The van der Waals surface area contributed by atoms with Gasteiger partial charge < -0.3 is 4.74 Å². The van der Waals surface area contributed by atoms with Crippen LogP contribution in [0, 0.1) is 5.92 Å². The van der Waals surface area contributed by atoms with E-state index in [4.69, 9.17) is 14.5 Å². The molecule has 0 amide bonds. The lowest BCUT2D eigenvalue weighted by atomic mass is 9.71. The van der Waals surface area contributed by atoms with Gasteiger partial charge in [0, 0.05) is 11.8 Å². The van der Waals surface area contributed by atoms with Crippen molar-refractivity contribution in [1.29, 1.82) is 0 Å². The molecule has 3 rings (SSSR count). The molecule has 2 bridgehead atoms. The zero-order chi connectivity index (χ0) is 17.4. The summed E-state index contributed by atoms with van der Waals surface area (Å²) in [6.45, 7) is 5.26. The van der Waals surface area contributed by atoms with Crippen LogP contribution in [-0.2, 0) is 30.1 Å². The van der Waals surface area contributed by atoms with Gasteiger partial charge in [-0.25, -0.2) is 9.78 Å². The Balaban J connectivity index is 1.70. The van der Waals surface area contributed by atoms with Crippen molar-refractivity contribution in [3.8, 4) is 0 Å². The van der Waals surface area contributed by atoms with Crippen LogP contribution in [0.2, 0.25) is 0 Å². The second-order valence-electron chi connectivity index (χ2n) is 7.16. The zero-order valence-electron chi connectivity index (χ0n) is 14.3. The largest absolute Gasteiger partial charge is 0.457 e. The third kappa shape index (κ3) is 3.41. The Bertz CT molecular complexity index is 634. The molecule has 1 saturated heterocycles. The summed E-state index contributed by atoms with van der Waals surface area (Å²) in [6.07, 6.45) is 2.04. The molecule has 1 saturated carbocycles. The van der Waals surface area contributed by atoms with E-state index in [0.29, 0.717) is 5.75 Å². The first-order valence-corrected chi connectivity index (χ1v) is 9.62. The molecule has 0 N–H and O–H groups in total. The zero-order valence-corrected chi connectivity index (χ0v) is 15.1. The van der Waals surface area contributed by atoms with Gasteiger partial charge in [0.15, 0.2) is 0 Å². The third-order valence-corrected chi connectivity index (χ3v) is 6.82. The maximum atomic E-state index is 12.7. The molecule has 0 radical (unpaired) electrons. The number of benzene rings is 1. The van der Waals surface area contributed by atoms with Gasteiger partial charge in [0.1, 0.15) is 17.3 Å². The molecular weight excluding hydrogens is 328 g/mol. The minimum Gasteiger partial charge on any atom is -0.457 e. The van der Waals surface area contributed by atoms with Crippen LogP contribution in [-0.4, -0.2) is 33.2 Å². The van der Waals surface area contributed by atoms with Gasteiger partial charge >= 0.3 is 5.97 Å². The van der Waals surface area contributed by atoms with E-state index in [1.54, 1.807) is 0 Å². The topological polar surface area (TPSA) is 61.8 Å². The molecule has 0 spiro atoms. The Kier molecular flexibility index (Phi) is 4.82. The van der Waals surface area contributed by atoms with Crippen molar-refractivity contribution in [2.45, 2.75) is 62.2 Å².